The maximum absolute atomic E-state index is 10.7. The number of benzene rings is 1. The first-order valence-electron chi connectivity index (χ1n) is 4.36. The lowest BCUT2D eigenvalue weighted by molar-refractivity contribution is 0.0336. The fraction of sp³-hybridized carbons (Fsp3) is 0.300. The van der Waals surface area contributed by atoms with Crippen LogP contribution in [0.4, 0.5) is 0 Å². The summed E-state index contributed by atoms with van der Waals surface area (Å²) in [5, 5.41) is 27.7. The summed E-state index contributed by atoms with van der Waals surface area (Å²) in [4.78, 5) is 10.7. The summed E-state index contributed by atoms with van der Waals surface area (Å²) >= 11 is 3.85. The van der Waals surface area contributed by atoms with Gasteiger partial charge < -0.3 is 15.3 Å². The fourth-order valence-electron chi connectivity index (χ4n) is 1.18. The molecule has 0 radical (unpaired) electrons. The topological polar surface area (TPSA) is 77.8 Å². The van der Waals surface area contributed by atoms with Gasteiger partial charge in [-0.2, -0.15) is 12.6 Å². The Hall–Kier alpha value is -1.04. The second-order valence-corrected chi connectivity index (χ2v) is 3.49. The number of carbonyl (C=O) groups is 1. The molecule has 3 N–H and O–H groups in total. The molecule has 5 heteroatoms. The van der Waals surface area contributed by atoms with Crippen LogP contribution in [0.1, 0.15) is 22.0 Å². The van der Waals surface area contributed by atoms with Gasteiger partial charge >= 0.3 is 5.97 Å². The minimum Gasteiger partial charge on any atom is -0.478 e. The van der Waals surface area contributed by atoms with Gasteiger partial charge in [-0.1, -0.05) is 12.1 Å². The number of rotatable bonds is 4. The molecule has 0 heterocycles. The van der Waals surface area contributed by atoms with Crippen molar-refractivity contribution in [1.29, 1.82) is 0 Å². The molecule has 1 aromatic carbocycles. The van der Waals surface area contributed by atoms with Gasteiger partial charge in [0, 0.05) is 5.75 Å². The molecular formula is C10H12O4S. The van der Waals surface area contributed by atoms with Gasteiger partial charge in [0.2, 0.25) is 0 Å². The molecule has 0 bridgehead atoms. The van der Waals surface area contributed by atoms with Crippen LogP contribution >= 0.6 is 12.6 Å². The first-order chi connectivity index (χ1) is 7.06. The number of aliphatic hydroxyl groups is 2. The summed E-state index contributed by atoms with van der Waals surface area (Å²) < 4.78 is 0. The summed E-state index contributed by atoms with van der Waals surface area (Å²) in [5.74, 6) is -0.956. The predicted molar refractivity (Wildman–Crippen MR) is 58.2 cm³/mol. The van der Waals surface area contributed by atoms with Crippen molar-refractivity contribution in [3.8, 4) is 0 Å². The average Bonchev–Trinajstić information content (AvgIpc) is 2.27. The standard InChI is InChI=1S/C10H12O4S/c11-8(5-15)9(12)6-2-1-3-7(4-6)10(13)14/h1-4,8-9,11-12,15H,5H2,(H,13,14). The molecule has 2 atom stereocenters. The molecule has 15 heavy (non-hydrogen) atoms. The van der Waals surface area contributed by atoms with Crippen LogP contribution in [0.2, 0.25) is 0 Å². The van der Waals surface area contributed by atoms with Crippen molar-refractivity contribution in [3.05, 3.63) is 35.4 Å². The molecule has 0 spiro atoms. The van der Waals surface area contributed by atoms with Crippen LogP contribution in [0.3, 0.4) is 0 Å². The Kier molecular flexibility index (Phi) is 4.14. The maximum Gasteiger partial charge on any atom is 0.335 e. The smallest absolute Gasteiger partial charge is 0.335 e. The molecule has 0 fully saturated rings. The van der Waals surface area contributed by atoms with Crippen LogP contribution in [0, 0.1) is 0 Å². The van der Waals surface area contributed by atoms with E-state index in [0.29, 0.717) is 5.56 Å². The van der Waals surface area contributed by atoms with Gasteiger partial charge in [-0.25, -0.2) is 4.79 Å². The highest BCUT2D eigenvalue weighted by Gasteiger charge is 2.17. The van der Waals surface area contributed by atoms with Crippen molar-refractivity contribution in [2.24, 2.45) is 0 Å². The molecule has 0 aliphatic rings. The van der Waals surface area contributed by atoms with E-state index in [1.807, 2.05) is 0 Å². The zero-order valence-corrected chi connectivity index (χ0v) is 8.76. The van der Waals surface area contributed by atoms with E-state index in [2.05, 4.69) is 12.6 Å². The van der Waals surface area contributed by atoms with E-state index in [9.17, 15) is 15.0 Å². The molecule has 0 aromatic heterocycles. The predicted octanol–water partition coefficient (Wildman–Crippen LogP) is 0.709. The minimum absolute atomic E-state index is 0.0814. The zero-order chi connectivity index (χ0) is 11.4. The Morgan fingerprint density at radius 1 is 1.40 bits per heavy atom. The summed E-state index contributed by atoms with van der Waals surface area (Å²) in [6, 6.07) is 5.84. The SMILES string of the molecule is O=C(O)c1cccc(C(O)C(O)CS)c1. The Labute approximate surface area is 92.6 Å². The third-order valence-electron chi connectivity index (χ3n) is 2.03. The van der Waals surface area contributed by atoms with Crippen molar-refractivity contribution >= 4 is 18.6 Å². The van der Waals surface area contributed by atoms with Gasteiger partial charge in [0.05, 0.1) is 11.7 Å². The van der Waals surface area contributed by atoms with E-state index >= 15 is 0 Å². The zero-order valence-electron chi connectivity index (χ0n) is 7.87. The molecular weight excluding hydrogens is 216 g/mol. The molecule has 0 saturated heterocycles. The first kappa shape index (κ1) is 12.0. The van der Waals surface area contributed by atoms with Gasteiger partial charge in [0.25, 0.3) is 0 Å². The van der Waals surface area contributed by atoms with E-state index < -0.39 is 18.2 Å². The first-order valence-corrected chi connectivity index (χ1v) is 4.99. The number of aromatic carboxylic acids is 1. The van der Waals surface area contributed by atoms with Crippen LogP contribution in [0.15, 0.2) is 24.3 Å². The van der Waals surface area contributed by atoms with E-state index in [4.69, 9.17) is 5.11 Å². The molecule has 1 rings (SSSR count). The highest BCUT2D eigenvalue weighted by molar-refractivity contribution is 7.80. The molecule has 0 aliphatic carbocycles. The van der Waals surface area contributed by atoms with Gasteiger partial charge in [-0.05, 0) is 17.7 Å². The number of hydrogen-bond acceptors (Lipinski definition) is 4. The lowest BCUT2D eigenvalue weighted by atomic mass is 10.0. The molecule has 1 aromatic rings. The summed E-state index contributed by atoms with van der Waals surface area (Å²) in [6.07, 6.45) is -2.11. The second kappa shape index (κ2) is 5.16. The molecule has 0 saturated carbocycles. The van der Waals surface area contributed by atoms with Crippen molar-refractivity contribution in [3.63, 3.8) is 0 Å². The molecule has 4 nitrogen and oxygen atoms in total. The van der Waals surface area contributed by atoms with Crippen molar-refractivity contribution in [2.45, 2.75) is 12.2 Å². The molecule has 2 unspecified atom stereocenters. The summed E-state index contributed by atoms with van der Waals surface area (Å²) in [7, 11) is 0. The largest absolute Gasteiger partial charge is 0.478 e. The minimum atomic E-state index is -1.11. The quantitative estimate of drug-likeness (QED) is 0.572. The monoisotopic (exact) mass is 228 g/mol. The number of carboxylic acids is 1. The lowest BCUT2D eigenvalue weighted by Crippen LogP contribution is -2.20. The summed E-state index contributed by atoms with van der Waals surface area (Å²) in [6.45, 7) is 0. The van der Waals surface area contributed by atoms with Crippen LogP contribution in [-0.4, -0.2) is 33.1 Å². The van der Waals surface area contributed by atoms with Gasteiger partial charge in [-0.15, -0.1) is 0 Å². The van der Waals surface area contributed by atoms with E-state index in [0.717, 1.165) is 0 Å². The van der Waals surface area contributed by atoms with Gasteiger partial charge in [0.1, 0.15) is 6.10 Å². The van der Waals surface area contributed by atoms with Crippen LogP contribution < -0.4 is 0 Å². The highest BCUT2D eigenvalue weighted by atomic mass is 32.1. The van der Waals surface area contributed by atoms with Gasteiger partial charge in [-0.3, -0.25) is 0 Å². The second-order valence-electron chi connectivity index (χ2n) is 3.13. The lowest BCUT2D eigenvalue weighted by Gasteiger charge is -2.16. The number of aliphatic hydroxyl groups excluding tert-OH is 2. The Bertz CT molecular complexity index is 353. The third-order valence-corrected chi connectivity index (χ3v) is 2.40. The van der Waals surface area contributed by atoms with E-state index in [-0.39, 0.29) is 11.3 Å². The van der Waals surface area contributed by atoms with Crippen LogP contribution in [0.5, 0.6) is 0 Å². The maximum atomic E-state index is 10.7. The number of hydrogen-bond donors (Lipinski definition) is 4. The normalized spacial score (nSPS) is 14.6. The molecule has 82 valence electrons. The third kappa shape index (κ3) is 2.95. The highest BCUT2D eigenvalue weighted by Crippen LogP contribution is 2.18. The van der Waals surface area contributed by atoms with Crippen molar-refractivity contribution < 1.29 is 20.1 Å². The molecule has 0 aliphatic heterocycles. The molecule has 0 amide bonds. The Morgan fingerprint density at radius 2 is 2.07 bits per heavy atom. The van der Waals surface area contributed by atoms with Gasteiger partial charge in [0.15, 0.2) is 0 Å². The summed E-state index contributed by atoms with van der Waals surface area (Å²) in [5.41, 5.74) is 0.453. The number of thiol groups is 1. The number of carboxylic acid groups (broad SMARTS) is 1. The van der Waals surface area contributed by atoms with E-state index in [1.165, 1.54) is 18.2 Å². The van der Waals surface area contributed by atoms with Crippen LogP contribution in [0.25, 0.3) is 0 Å². The van der Waals surface area contributed by atoms with Crippen molar-refractivity contribution in [2.75, 3.05) is 5.75 Å². The Balaban J connectivity index is 2.94. The fourth-order valence-corrected chi connectivity index (χ4v) is 1.38. The Morgan fingerprint density at radius 3 is 2.60 bits per heavy atom. The average molecular weight is 228 g/mol. The van der Waals surface area contributed by atoms with Crippen LogP contribution in [-0.2, 0) is 0 Å². The van der Waals surface area contributed by atoms with Crippen molar-refractivity contribution in [1.82, 2.24) is 0 Å². The van der Waals surface area contributed by atoms with E-state index in [1.54, 1.807) is 6.07 Å².